The number of carbonyl (C=O) groups is 2. The molecule has 0 fully saturated rings. The van der Waals surface area contributed by atoms with Gasteiger partial charge < -0.3 is 20.6 Å². The summed E-state index contributed by atoms with van der Waals surface area (Å²) in [5, 5.41) is 14.4. The smallest absolute Gasteiger partial charge is 0.319 e. The molecule has 0 aliphatic rings. The van der Waals surface area contributed by atoms with E-state index in [1.165, 1.54) is 0 Å². The lowest BCUT2D eigenvalue weighted by Crippen LogP contribution is -2.49. The molecular formula is C15H23N3O3. The fourth-order valence-corrected chi connectivity index (χ4v) is 1.58. The van der Waals surface area contributed by atoms with Gasteiger partial charge in [0.05, 0.1) is 6.42 Å². The van der Waals surface area contributed by atoms with Gasteiger partial charge in [0.15, 0.2) is 0 Å². The number of amides is 2. The maximum Gasteiger partial charge on any atom is 0.319 e. The predicted octanol–water partition coefficient (Wildman–Crippen LogP) is 1.78. The molecule has 0 saturated carbocycles. The summed E-state index contributed by atoms with van der Waals surface area (Å²) in [4.78, 5) is 24.8. The van der Waals surface area contributed by atoms with E-state index in [2.05, 4.69) is 10.6 Å². The van der Waals surface area contributed by atoms with Crippen LogP contribution in [-0.4, -0.2) is 48.2 Å². The molecule has 0 saturated heterocycles. The van der Waals surface area contributed by atoms with E-state index in [1.54, 1.807) is 24.3 Å². The summed E-state index contributed by atoms with van der Waals surface area (Å²) >= 11 is 0. The van der Waals surface area contributed by atoms with E-state index in [-0.39, 0.29) is 18.0 Å². The third kappa shape index (κ3) is 5.43. The molecule has 0 unspecified atom stereocenters. The first kappa shape index (κ1) is 17.0. The molecule has 0 aliphatic carbocycles. The Morgan fingerprint density at radius 2 is 1.86 bits per heavy atom. The second kappa shape index (κ2) is 7.08. The van der Waals surface area contributed by atoms with Crippen LogP contribution in [0.15, 0.2) is 24.3 Å². The molecule has 0 spiro atoms. The van der Waals surface area contributed by atoms with Crippen molar-refractivity contribution in [1.29, 1.82) is 0 Å². The predicted molar refractivity (Wildman–Crippen MR) is 82.6 cm³/mol. The minimum absolute atomic E-state index is 0.125. The second-order valence-electron chi connectivity index (χ2n) is 5.74. The van der Waals surface area contributed by atoms with E-state index < -0.39 is 5.97 Å². The van der Waals surface area contributed by atoms with Gasteiger partial charge in [-0.05, 0) is 39.6 Å². The van der Waals surface area contributed by atoms with Gasteiger partial charge in [-0.25, -0.2) is 4.79 Å². The summed E-state index contributed by atoms with van der Waals surface area (Å²) in [7, 11) is 3.89. The molecule has 1 aromatic rings. The van der Waals surface area contributed by atoms with Gasteiger partial charge in [-0.3, -0.25) is 4.79 Å². The Bertz CT molecular complexity index is 513. The number of urea groups is 1. The number of hydrogen-bond acceptors (Lipinski definition) is 3. The van der Waals surface area contributed by atoms with E-state index >= 15 is 0 Å². The highest BCUT2D eigenvalue weighted by molar-refractivity contribution is 5.91. The van der Waals surface area contributed by atoms with Crippen molar-refractivity contribution in [2.75, 3.05) is 26.0 Å². The van der Waals surface area contributed by atoms with Crippen molar-refractivity contribution < 1.29 is 14.7 Å². The van der Waals surface area contributed by atoms with Gasteiger partial charge in [-0.15, -0.1) is 0 Å². The third-order valence-electron chi connectivity index (χ3n) is 3.50. The molecule has 2 amide bonds. The second-order valence-corrected chi connectivity index (χ2v) is 5.74. The Balaban J connectivity index is 2.65. The average Bonchev–Trinajstić information content (AvgIpc) is 2.38. The van der Waals surface area contributed by atoms with E-state index in [9.17, 15) is 9.59 Å². The Kier molecular flexibility index (Phi) is 5.72. The van der Waals surface area contributed by atoms with Gasteiger partial charge in [0, 0.05) is 17.8 Å². The van der Waals surface area contributed by atoms with E-state index in [0.717, 1.165) is 0 Å². The molecule has 1 rings (SSSR count). The SMILES string of the molecule is CN(C)C(C)(C)CNC(=O)Nc1ccccc1CC(=O)O. The maximum atomic E-state index is 11.9. The molecule has 0 radical (unpaired) electrons. The number of para-hydroxylation sites is 1. The van der Waals surface area contributed by atoms with Crippen LogP contribution >= 0.6 is 0 Å². The van der Waals surface area contributed by atoms with Crippen molar-refractivity contribution in [2.24, 2.45) is 0 Å². The average molecular weight is 293 g/mol. The maximum absolute atomic E-state index is 11.9. The lowest BCUT2D eigenvalue weighted by atomic mass is 10.0. The van der Waals surface area contributed by atoms with Gasteiger partial charge >= 0.3 is 12.0 Å². The number of nitrogens with zero attached hydrogens (tertiary/aromatic N) is 1. The van der Waals surface area contributed by atoms with Gasteiger partial charge in [0.1, 0.15) is 0 Å². The first-order chi connectivity index (χ1) is 9.72. The molecule has 6 nitrogen and oxygen atoms in total. The normalized spacial score (nSPS) is 11.3. The van der Waals surface area contributed by atoms with E-state index in [1.807, 2.05) is 32.8 Å². The highest BCUT2D eigenvalue weighted by atomic mass is 16.4. The number of carboxylic acids is 1. The van der Waals surface area contributed by atoms with Crippen LogP contribution in [-0.2, 0) is 11.2 Å². The van der Waals surface area contributed by atoms with Crippen molar-refractivity contribution in [3.05, 3.63) is 29.8 Å². The molecule has 3 N–H and O–H groups in total. The summed E-state index contributed by atoms with van der Waals surface area (Å²) in [6.45, 7) is 4.52. The highest BCUT2D eigenvalue weighted by Gasteiger charge is 2.21. The minimum Gasteiger partial charge on any atom is -0.481 e. The zero-order chi connectivity index (χ0) is 16.0. The molecule has 0 atom stereocenters. The number of rotatable bonds is 6. The van der Waals surface area contributed by atoms with Crippen molar-refractivity contribution in [3.8, 4) is 0 Å². The number of benzene rings is 1. The number of anilines is 1. The van der Waals surface area contributed by atoms with Crippen LogP contribution in [0.4, 0.5) is 10.5 Å². The summed E-state index contributed by atoms with van der Waals surface area (Å²) in [5.74, 6) is -0.932. The van der Waals surface area contributed by atoms with Crippen molar-refractivity contribution in [3.63, 3.8) is 0 Å². The largest absolute Gasteiger partial charge is 0.481 e. The minimum atomic E-state index is -0.932. The monoisotopic (exact) mass is 293 g/mol. The van der Waals surface area contributed by atoms with Crippen molar-refractivity contribution in [1.82, 2.24) is 10.2 Å². The third-order valence-corrected chi connectivity index (χ3v) is 3.50. The Morgan fingerprint density at radius 1 is 1.24 bits per heavy atom. The highest BCUT2D eigenvalue weighted by Crippen LogP contribution is 2.15. The Labute approximate surface area is 125 Å². The number of carboxylic acid groups (broad SMARTS) is 1. The number of aliphatic carboxylic acids is 1. The molecule has 0 bridgehead atoms. The van der Waals surface area contributed by atoms with Crippen LogP contribution in [0, 0.1) is 0 Å². The number of likely N-dealkylation sites (N-methyl/N-ethyl adjacent to an activating group) is 1. The zero-order valence-corrected chi connectivity index (χ0v) is 12.9. The van der Waals surface area contributed by atoms with Gasteiger partial charge in [-0.2, -0.15) is 0 Å². The fourth-order valence-electron chi connectivity index (χ4n) is 1.58. The van der Waals surface area contributed by atoms with Crippen molar-refractivity contribution >= 4 is 17.7 Å². The topological polar surface area (TPSA) is 81.7 Å². The van der Waals surface area contributed by atoms with Crippen LogP contribution in [0.2, 0.25) is 0 Å². The summed E-state index contributed by atoms with van der Waals surface area (Å²) < 4.78 is 0. The van der Waals surface area contributed by atoms with Crippen molar-refractivity contribution in [2.45, 2.75) is 25.8 Å². The molecular weight excluding hydrogens is 270 g/mol. The fraction of sp³-hybridized carbons (Fsp3) is 0.467. The summed E-state index contributed by atoms with van der Waals surface area (Å²) in [6.07, 6.45) is -0.125. The molecule has 0 aliphatic heterocycles. The van der Waals surface area contributed by atoms with Crippen LogP contribution in [0.3, 0.4) is 0 Å². The molecule has 6 heteroatoms. The first-order valence-corrected chi connectivity index (χ1v) is 6.74. The molecule has 21 heavy (non-hydrogen) atoms. The summed E-state index contributed by atoms with van der Waals surface area (Å²) in [5.41, 5.74) is 0.921. The van der Waals surface area contributed by atoms with Crippen LogP contribution < -0.4 is 10.6 Å². The number of carbonyl (C=O) groups excluding carboxylic acids is 1. The van der Waals surface area contributed by atoms with Gasteiger partial charge in [0.25, 0.3) is 0 Å². The lowest BCUT2D eigenvalue weighted by Gasteiger charge is -2.32. The van der Waals surface area contributed by atoms with Crippen LogP contribution in [0.5, 0.6) is 0 Å². The van der Waals surface area contributed by atoms with Gasteiger partial charge in [0.2, 0.25) is 0 Å². The Morgan fingerprint density at radius 3 is 2.43 bits per heavy atom. The summed E-state index contributed by atoms with van der Waals surface area (Å²) in [6, 6.07) is 6.53. The molecule has 0 aromatic heterocycles. The number of hydrogen-bond donors (Lipinski definition) is 3. The Hall–Kier alpha value is -2.08. The molecule has 0 heterocycles. The molecule has 1 aromatic carbocycles. The van der Waals surface area contributed by atoms with E-state index in [4.69, 9.17) is 5.11 Å². The zero-order valence-electron chi connectivity index (χ0n) is 12.9. The number of nitrogens with one attached hydrogen (secondary N) is 2. The van der Waals surface area contributed by atoms with E-state index in [0.29, 0.717) is 17.8 Å². The van der Waals surface area contributed by atoms with Crippen LogP contribution in [0.25, 0.3) is 0 Å². The first-order valence-electron chi connectivity index (χ1n) is 6.74. The molecule has 116 valence electrons. The van der Waals surface area contributed by atoms with Gasteiger partial charge in [-0.1, -0.05) is 18.2 Å². The quantitative estimate of drug-likeness (QED) is 0.746. The standard InChI is InChI=1S/C15H23N3O3/c1-15(2,18(3)4)10-16-14(21)17-12-8-6-5-7-11(12)9-13(19)20/h5-8H,9-10H2,1-4H3,(H,19,20)(H2,16,17,21). The lowest BCUT2D eigenvalue weighted by molar-refractivity contribution is -0.136. The van der Waals surface area contributed by atoms with Crippen LogP contribution in [0.1, 0.15) is 19.4 Å².